The number of ether oxygens (including phenoxy) is 1. The third-order valence-electron chi connectivity index (χ3n) is 4.05. The molecule has 0 spiro atoms. The smallest absolute Gasteiger partial charge is 0.220 e. The first-order chi connectivity index (χ1) is 12.4. The van der Waals surface area contributed by atoms with E-state index in [0.717, 1.165) is 16.9 Å². The number of Topliss-reactive ketones (excluding diaryl/α,β-unsaturated/α-hetero) is 1. The molecule has 26 heavy (non-hydrogen) atoms. The van der Waals surface area contributed by atoms with E-state index < -0.39 is 0 Å². The first-order valence-corrected chi connectivity index (χ1v) is 8.99. The number of amides is 1. The highest BCUT2D eigenvalue weighted by molar-refractivity contribution is 6.42. The van der Waals surface area contributed by atoms with Crippen molar-refractivity contribution in [3.05, 3.63) is 63.6 Å². The second-order valence-corrected chi connectivity index (χ2v) is 6.88. The van der Waals surface area contributed by atoms with E-state index in [4.69, 9.17) is 27.9 Å². The molecule has 0 heterocycles. The molecule has 0 fully saturated rings. The third-order valence-corrected chi connectivity index (χ3v) is 4.79. The summed E-state index contributed by atoms with van der Waals surface area (Å²) in [5.74, 6) is 0.337. The lowest BCUT2D eigenvalue weighted by Gasteiger charge is -2.17. The number of ketones is 1. The lowest BCUT2D eigenvalue weighted by Crippen LogP contribution is -2.25. The van der Waals surface area contributed by atoms with Gasteiger partial charge in [-0.2, -0.15) is 0 Å². The predicted molar refractivity (Wildman–Crippen MR) is 104 cm³/mol. The predicted octanol–water partition coefficient (Wildman–Crippen LogP) is 4.77. The number of nitrogens with one attached hydrogen (secondary N) is 1. The second-order valence-electron chi connectivity index (χ2n) is 6.07. The highest BCUT2D eigenvalue weighted by Crippen LogP contribution is 2.30. The molecule has 0 radical (unpaired) electrons. The van der Waals surface area contributed by atoms with E-state index in [0.29, 0.717) is 16.6 Å². The van der Waals surface area contributed by atoms with Crippen LogP contribution in [-0.4, -0.2) is 18.8 Å². The van der Waals surface area contributed by atoms with Crippen molar-refractivity contribution in [1.29, 1.82) is 0 Å². The summed E-state index contributed by atoms with van der Waals surface area (Å²) in [4.78, 5) is 24.0. The van der Waals surface area contributed by atoms with E-state index in [1.54, 1.807) is 25.3 Å². The normalized spacial score (nSPS) is 11.7. The summed E-state index contributed by atoms with van der Waals surface area (Å²) >= 11 is 12.0. The van der Waals surface area contributed by atoms with E-state index >= 15 is 0 Å². The minimum Gasteiger partial charge on any atom is -0.496 e. The minimum absolute atomic E-state index is 0.0126. The van der Waals surface area contributed by atoms with Crippen molar-refractivity contribution in [2.75, 3.05) is 7.11 Å². The summed E-state index contributed by atoms with van der Waals surface area (Å²) in [6, 6.07) is 12.7. The number of halogens is 2. The molecular weight excluding hydrogens is 373 g/mol. The number of para-hydroxylation sites is 1. The molecule has 1 atom stereocenters. The number of carbonyl (C=O) groups is 2. The summed E-state index contributed by atoms with van der Waals surface area (Å²) in [6.07, 6.45) is 0.451. The van der Waals surface area contributed by atoms with E-state index in [2.05, 4.69) is 5.32 Å². The van der Waals surface area contributed by atoms with Gasteiger partial charge in [0, 0.05) is 24.9 Å². The van der Waals surface area contributed by atoms with Gasteiger partial charge in [-0.1, -0.05) is 47.5 Å². The van der Waals surface area contributed by atoms with Crippen LogP contribution < -0.4 is 10.1 Å². The molecule has 0 aliphatic heterocycles. The largest absolute Gasteiger partial charge is 0.496 e. The molecule has 2 aromatic carbocycles. The molecule has 1 N–H and O–H groups in total. The van der Waals surface area contributed by atoms with Gasteiger partial charge in [-0.25, -0.2) is 0 Å². The molecule has 0 bridgehead atoms. The zero-order valence-corrected chi connectivity index (χ0v) is 16.2. The molecule has 2 rings (SSSR count). The topological polar surface area (TPSA) is 55.4 Å². The molecule has 0 aliphatic rings. The van der Waals surface area contributed by atoms with Gasteiger partial charge in [-0.05, 0) is 36.6 Å². The van der Waals surface area contributed by atoms with Crippen molar-refractivity contribution in [3.63, 3.8) is 0 Å². The van der Waals surface area contributed by atoms with Gasteiger partial charge >= 0.3 is 0 Å². The van der Waals surface area contributed by atoms with E-state index in [1.807, 2.05) is 24.3 Å². The molecule has 1 unspecified atom stereocenters. The van der Waals surface area contributed by atoms with Gasteiger partial charge in [-0.15, -0.1) is 0 Å². The van der Waals surface area contributed by atoms with Crippen molar-refractivity contribution >= 4 is 34.9 Å². The summed E-state index contributed by atoms with van der Waals surface area (Å²) in [5.41, 5.74) is 1.71. The molecule has 1 amide bonds. The summed E-state index contributed by atoms with van der Waals surface area (Å²) < 4.78 is 5.28. The fourth-order valence-corrected chi connectivity index (χ4v) is 3.07. The van der Waals surface area contributed by atoms with Crippen molar-refractivity contribution in [2.24, 2.45) is 0 Å². The van der Waals surface area contributed by atoms with Gasteiger partial charge in [0.05, 0.1) is 17.2 Å². The molecule has 0 saturated carbocycles. The minimum atomic E-state index is -0.250. The maximum atomic E-state index is 12.4. The standard InChI is InChI=1S/C20H21Cl2NO3/c1-13(24)9-16(14-7-8-17(21)18(22)10-14)11-20(25)23-12-15-5-3-4-6-19(15)26-2/h3-8,10,16H,9,11-12H2,1-2H3,(H,23,25). The Morgan fingerprint density at radius 1 is 1.08 bits per heavy atom. The molecule has 0 aromatic heterocycles. The molecular formula is C20H21Cl2NO3. The highest BCUT2D eigenvalue weighted by Gasteiger charge is 2.19. The van der Waals surface area contributed by atoms with Crippen LogP contribution >= 0.6 is 23.2 Å². The summed E-state index contributed by atoms with van der Waals surface area (Å²) in [7, 11) is 1.59. The summed E-state index contributed by atoms with van der Waals surface area (Å²) in [5, 5.41) is 3.74. The van der Waals surface area contributed by atoms with Crippen LogP contribution in [0.5, 0.6) is 5.75 Å². The first kappa shape index (κ1) is 20.3. The molecule has 0 aliphatic carbocycles. The van der Waals surface area contributed by atoms with Gasteiger partial charge in [0.15, 0.2) is 0 Å². The first-order valence-electron chi connectivity index (χ1n) is 8.23. The van der Waals surface area contributed by atoms with E-state index in [9.17, 15) is 9.59 Å². The average molecular weight is 394 g/mol. The Balaban J connectivity index is 2.06. The Labute approximate surface area is 163 Å². The molecule has 6 heteroatoms. The number of benzene rings is 2. The Bertz CT molecular complexity index is 792. The Morgan fingerprint density at radius 2 is 1.81 bits per heavy atom. The lowest BCUT2D eigenvalue weighted by molar-refractivity contribution is -0.122. The Hall–Kier alpha value is -2.04. The fourth-order valence-electron chi connectivity index (χ4n) is 2.76. The maximum Gasteiger partial charge on any atom is 0.220 e. The monoisotopic (exact) mass is 393 g/mol. The van der Waals surface area contributed by atoms with Crippen LogP contribution in [0.15, 0.2) is 42.5 Å². The number of rotatable bonds is 8. The Kier molecular flexibility index (Phi) is 7.49. The molecule has 4 nitrogen and oxygen atoms in total. The van der Waals surface area contributed by atoms with Crippen LogP contribution in [0.2, 0.25) is 10.0 Å². The van der Waals surface area contributed by atoms with E-state index in [1.165, 1.54) is 6.92 Å². The van der Waals surface area contributed by atoms with Gasteiger partial charge in [-0.3, -0.25) is 4.79 Å². The Morgan fingerprint density at radius 3 is 2.46 bits per heavy atom. The van der Waals surface area contributed by atoms with Crippen LogP contribution in [0.4, 0.5) is 0 Å². The average Bonchev–Trinajstić information content (AvgIpc) is 2.61. The SMILES string of the molecule is COc1ccccc1CNC(=O)CC(CC(C)=O)c1ccc(Cl)c(Cl)c1. The van der Waals surface area contributed by atoms with Crippen LogP contribution in [0.1, 0.15) is 36.8 Å². The van der Waals surface area contributed by atoms with Crippen LogP contribution in [0, 0.1) is 0 Å². The van der Waals surface area contributed by atoms with Crippen molar-refractivity contribution in [2.45, 2.75) is 32.2 Å². The second kappa shape index (κ2) is 9.60. The van der Waals surface area contributed by atoms with Crippen LogP contribution in [0.25, 0.3) is 0 Å². The van der Waals surface area contributed by atoms with Crippen LogP contribution in [0.3, 0.4) is 0 Å². The number of hydrogen-bond acceptors (Lipinski definition) is 3. The van der Waals surface area contributed by atoms with Crippen LogP contribution in [-0.2, 0) is 16.1 Å². The zero-order chi connectivity index (χ0) is 19.1. The molecule has 2 aromatic rings. The number of methoxy groups -OCH3 is 1. The zero-order valence-electron chi connectivity index (χ0n) is 14.7. The highest BCUT2D eigenvalue weighted by atomic mass is 35.5. The van der Waals surface area contributed by atoms with Gasteiger partial charge in [0.2, 0.25) is 5.91 Å². The number of carbonyl (C=O) groups excluding carboxylic acids is 2. The van der Waals surface area contributed by atoms with Crippen molar-refractivity contribution in [3.8, 4) is 5.75 Å². The molecule has 138 valence electrons. The van der Waals surface area contributed by atoms with Gasteiger partial charge < -0.3 is 14.8 Å². The van der Waals surface area contributed by atoms with Crippen molar-refractivity contribution < 1.29 is 14.3 Å². The van der Waals surface area contributed by atoms with Gasteiger partial charge in [0.25, 0.3) is 0 Å². The maximum absolute atomic E-state index is 12.4. The third kappa shape index (κ3) is 5.75. The molecule has 0 saturated heterocycles. The van der Waals surface area contributed by atoms with Crippen molar-refractivity contribution in [1.82, 2.24) is 5.32 Å². The number of hydrogen-bond donors (Lipinski definition) is 1. The van der Waals surface area contributed by atoms with E-state index in [-0.39, 0.29) is 30.4 Å². The quantitative estimate of drug-likeness (QED) is 0.702. The summed E-state index contributed by atoms with van der Waals surface area (Å²) in [6.45, 7) is 1.87. The fraction of sp³-hybridized carbons (Fsp3) is 0.300. The van der Waals surface area contributed by atoms with Gasteiger partial charge in [0.1, 0.15) is 11.5 Å². The lowest BCUT2D eigenvalue weighted by atomic mass is 9.90.